The minimum Gasteiger partial charge on any atom is -0.349 e. The summed E-state index contributed by atoms with van der Waals surface area (Å²) in [6.07, 6.45) is 5.95. The van der Waals surface area contributed by atoms with Gasteiger partial charge in [-0.3, -0.25) is 4.79 Å². The fraction of sp³-hybridized carbons (Fsp3) is 0.360. The number of amides is 1. The fourth-order valence-electron chi connectivity index (χ4n) is 4.29. The number of imidazole rings is 1. The number of aromatic nitrogens is 2. The molecule has 4 rings (SSSR count). The highest BCUT2D eigenvalue weighted by Gasteiger charge is 2.29. The summed E-state index contributed by atoms with van der Waals surface area (Å²) in [5.74, 6) is -0.530. The van der Waals surface area contributed by atoms with Crippen molar-refractivity contribution in [2.24, 2.45) is 5.92 Å². The molecule has 3 aromatic rings. The zero-order chi connectivity index (χ0) is 24.3. The van der Waals surface area contributed by atoms with Gasteiger partial charge in [-0.25, -0.2) is 22.5 Å². The number of rotatable bonds is 7. The number of carbonyl (C=O) groups is 1. The lowest BCUT2D eigenvalue weighted by molar-refractivity contribution is -0.126. The topological polar surface area (TPSA) is 93.1 Å². The number of hydrogen-bond acceptors (Lipinski definition) is 4. The van der Waals surface area contributed by atoms with E-state index >= 15 is 0 Å². The van der Waals surface area contributed by atoms with Gasteiger partial charge in [-0.2, -0.15) is 0 Å². The van der Waals surface area contributed by atoms with Gasteiger partial charge >= 0.3 is 0 Å². The molecular weight excluding hydrogens is 455 g/mol. The van der Waals surface area contributed by atoms with E-state index in [4.69, 9.17) is 0 Å². The number of nitrogens with zero attached hydrogens (tertiary/aromatic N) is 2. The van der Waals surface area contributed by atoms with E-state index in [-0.39, 0.29) is 34.6 Å². The van der Waals surface area contributed by atoms with Crippen molar-refractivity contribution in [1.29, 1.82) is 0 Å². The summed E-state index contributed by atoms with van der Waals surface area (Å²) in [6, 6.07) is 12.3. The van der Waals surface area contributed by atoms with Crippen LogP contribution in [0.3, 0.4) is 0 Å². The Bertz CT molecular complexity index is 1230. The SMILES string of the molecule is Cc1cn(-c2ccc(S(=O)(=O)N[C@H]3CC[C@@H](C(=O)N[C@H](C)c4ccc(F)cc4)CC3)cc2)cn1. The van der Waals surface area contributed by atoms with E-state index in [0.29, 0.717) is 25.7 Å². The van der Waals surface area contributed by atoms with Crippen LogP contribution < -0.4 is 10.0 Å². The van der Waals surface area contributed by atoms with Crippen molar-refractivity contribution < 1.29 is 17.6 Å². The lowest BCUT2D eigenvalue weighted by Gasteiger charge is -2.29. The van der Waals surface area contributed by atoms with Crippen LogP contribution in [0.15, 0.2) is 66.0 Å². The Kier molecular flexibility index (Phi) is 7.13. The number of nitrogens with one attached hydrogen (secondary N) is 2. The summed E-state index contributed by atoms with van der Waals surface area (Å²) in [6.45, 7) is 3.76. The molecule has 7 nitrogen and oxygen atoms in total. The minimum absolute atomic E-state index is 0.0524. The predicted octanol–water partition coefficient (Wildman–Crippen LogP) is 4.03. The van der Waals surface area contributed by atoms with E-state index in [9.17, 15) is 17.6 Å². The van der Waals surface area contributed by atoms with Crippen LogP contribution in [0.4, 0.5) is 4.39 Å². The number of sulfonamides is 1. The molecule has 34 heavy (non-hydrogen) atoms. The van der Waals surface area contributed by atoms with Crippen molar-refractivity contribution in [2.45, 2.75) is 56.5 Å². The quantitative estimate of drug-likeness (QED) is 0.530. The lowest BCUT2D eigenvalue weighted by atomic mass is 9.85. The van der Waals surface area contributed by atoms with Crippen molar-refractivity contribution >= 4 is 15.9 Å². The second-order valence-electron chi connectivity index (χ2n) is 8.87. The van der Waals surface area contributed by atoms with Crippen molar-refractivity contribution in [3.63, 3.8) is 0 Å². The van der Waals surface area contributed by atoms with Crippen LogP contribution >= 0.6 is 0 Å². The number of halogens is 1. The third kappa shape index (κ3) is 5.71. The van der Waals surface area contributed by atoms with E-state index < -0.39 is 10.0 Å². The second kappa shape index (κ2) is 10.1. The molecular formula is C25H29FN4O3S. The third-order valence-electron chi connectivity index (χ3n) is 6.31. The number of carbonyl (C=O) groups excluding carboxylic acids is 1. The van der Waals surface area contributed by atoms with E-state index in [1.54, 1.807) is 42.7 Å². The van der Waals surface area contributed by atoms with Crippen LogP contribution in [0, 0.1) is 18.7 Å². The highest BCUT2D eigenvalue weighted by atomic mass is 32.2. The molecule has 2 N–H and O–H groups in total. The molecule has 0 unspecified atom stereocenters. The molecule has 1 aliphatic rings. The molecule has 1 heterocycles. The number of benzene rings is 2. The van der Waals surface area contributed by atoms with Crippen LogP contribution in [0.5, 0.6) is 0 Å². The molecule has 1 atom stereocenters. The molecule has 1 aliphatic carbocycles. The van der Waals surface area contributed by atoms with Gasteiger partial charge in [0.15, 0.2) is 0 Å². The van der Waals surface area contributed by atoms with Crippen molar-refractivity contribution in [1.82, 2.24) is 19.6 Å². The number of aryl methyl sites for hydroxylation is 1. The average molecular weight is 485 g/mol. The summed E-state index contributed by atoms with van der Waals surface area (Å²) in [7, 11) is -3.66. The van der Waals surface area contributed by atoms with Gasteiger partial charge in [-0.15, -0.1) is 0 Å². The zero-order valence-corrected chi connectivity index (χ0v) is 20.1. The molecule has 1 fully saturated rings. The van der Waals surface area contributed by atoms with Crippen molar-refractivity contribution in [3.05, 3.63) is 78.1 Å². The molecule has 1 aromatic heterocycles. The fourth-order valence-corrected chi connectivity index (χ4v) is 5.59. The minimum atomic E-state index is -3.66. The Labute approximate surface area is 199 Å². The highest BCUT2D eigenvalue weighted by Crippen LogP contribution is 2.27. The monoisotopic (exact) mass is 484 g/mol. The normalized spacial score (nSPS) is 19.5. The van der Waals surface area contributed by atoms with E-state index in [0.717, 1.165) is 16.9 Å². The predicted molar refractivity (Wildman–Crippen MR) is 127 cm³/mol. The average Bonchev–Trinajstić information content (AvgIpc) is 3.26. The largest absolute Gasteiger partial charge is 0.349 e. The first-order chi connectivity index (χ1) is 16.2. The van der Waals surface area contributed by atoms with Crippen LogP contribution in [0.1, 0.15) is 49.9 Å². The molecule has 180 valence electrons. The van der Waals surface area contributed by atoms with E-state index in [1.807, 2.05) is 24.6 Å². The first-order valence-electron chi connectivity index (χ1n) is 11.4. The Hall–Kier alpha value is -3.04. The smallest absolute Gasteiger partial charge is 0.240 e. The molecule has 0 aliphatic heterocycles. The van der Waals surface area contributed by atoms with E-state index in [1.165, 1.54) is 12.1 Å². The van der Waals surface area contributed by atoms with Crippen molar-refractivity contribution in [2.75, 3.05) is 0 Å². The second-order valence-corrected chi connectivity index (χ2v) is 10.6. The van der Waals surface area contributed by atoms with Gasteiger partial charge in [0.2, 0.25) is 15.9 Å². The van der Waals surface area contributed by atoms with Gasteiger partial charge in [0.1, 0.15) is 5.82 Å². The Balaban J connectivity index is 1.29. The van der Waals surface area contributed by atoms with Crippen LogP contribution in [-0.2, 0) is 14.8 Å². The number of hydrogen-bond donors (Lipinski definition) is 2. The van der Waals surface area contributed by atoms with Crippen LogP contribution in [0.2, 0.25) is 0 Å². The molecule has 0 spiro atoms. The summed E-state index contributed by atoms with van der Waals surface area (Å²) >= 11 is 0. The molecule has 1 saturated carbocycles. The van der Waals surface area contributed by atoms with Gasteiger partial charge in [0.25, 0.3) is 0 Å². The Morgan fingerprint density at radius 3 is 2.29 bits per heavy atom. The van der Waals surface area contributed by atoms with Gasteiger partial charge in [-0.1, -0.05) is 12.1 Å². The van der Waals surface area contributed by atoms with Gasteiger partial charge in [0, 0.05) is 23.8 Å². The molecule has 2 aromatic carbocycles. The Morgan fingerprint density at radius 2 is 1.71 bits per heavy atom. The highest BCUT2D eigenvalue weighted by molar-refractivity contribution is 7.89. The molecule has 0 saturated heterocycles. The van der Waals surface area contributed by atoms with Gasteiger partial charge in [-0.05, 0) is 81.5 Å². The standard InChI is InChI=1S/C25H29FN4O3S/c1-17-15-30(16-27-17)23-11-13-24(14-12-23)34(32,33)29-22-9-5-20(6-10-22)25(31)28-18(2)19-3-7-21(26)8-4-19/h3-4,7-8,11-16,18,20,22,29H,5-6,9-10H2,1-2H3,(H,28,31)/t18-,20-,22+/m1/s1. The third-order valence-corrected chi connectivity index (χ3v) is 7.84. The summed E-state index contributed by atoms with van der Waals surface area (Å²) < 4.78 is 43.5. The van der Waals surface area contributed by atoms with Gasteiger partial charge < -0.3 is 9.88 Å². The maximum atomic E-state index is 13.1. The lowest BCUT2D eigenvalue weighted by Crippen LogP contribution is -2.41. The van der Waals surface area contributed by atoms with Crippen LogP contribution in [-0.4, -0.2) is 29.9 Å². The van der Waals surface area contributed by atoms with Crippen LogP contribution in [0.25, 0.3) is 5.69 Å². The molecule has 0 bridgehead atoms. The summed E-state index contributed by atoms with van der Waals surface area (Å²) in [5, 5.41) is 2.99. The Morgan fingerprint density at radius 1 is 1.06 bits per heavy atom. The summed E-state index contributed by atoms with van der Waals surface area (Å²) in [4.78, 5) is 17.1. The molecule has 1 amide bonds. The summed E-state index contributed by atoms with van der Waals surface area (Å²) in [5.41, 5.74) is 2.55. The first-order valence-corrected chi connectivity index (χ1v) is 12.9. The molecule has 0 radical (unpaired) electrons. The van der Waals surface area contributed by atoms with E-state index in [2.05, 4.69) is 15.0 Å². The van der Waals surface area contributed by atoms with Crippen molar-refractivity contribution in [3.8, 4) is 5.69 Å². The van der Waals surface area contributed by atoms with Gasteiger partial charge in [0.05, 0.1) is 23.0 Å². The maximum absolute atomic E-state index is 13.1. The maximum Gasteiger partial charge on any atom is 0.240 e. The molecule has 9 heteroatoms. The first kappa shape index (κ1) is 24.1. The zero-order valence-electron chi connectivity index (χ0n) is 19.2.